The average molecular weight is 425 g/mol. The summed E-state index contributed by atoms with van der Waals surface area (Å²) < 4.78 is 5.06. The number of rotatable bonds is 7. The van der Waals surface area contributed by atoms with E-state index in [1.54, 1.807) is 25.4 Å². The summed E-state index contributed by atoms with van der Waals surface area (Å²) >= 11 is 0. The van der Waals surface area contributed by atoms with Crippen LogP contribution >= 0.6 is 0 Å². The van der Waals surface area contributed by atoms with Gasteiger partial charge in [0.25, 0.3) is 5.69 Å². The van der Waals surface area contributed by atoms with Gasteiger partial charge in [0, 0.05) is 63.9 Å². The Balaban J connectivity index is 1.60. The van der Waals surface area contributed by atoms with Gasteiger partial charge in [0.1, 0.15) is 5.82 Å². The van der Waals surface area contributed by atoms with Crippen LogP contribution in [-0.4, -0.2) is 61.8 Å². The van der Waals surface area contributed by atoms with Gasteiger partial charge in [-0.2, -0.15) is 0 Å². The molecule has 1 N–H and O–H groups in total. The number of pyridine rings is 1. The number of non-ortho nitro benzene ring substituents is 1. The van der Waals surface area contributed by atoms with Crippen LogP contribution in [0.15, 0.2) is 42.6 Å². The summed E-state index contributed by atoms with van der Waals surface area (Å²) in [7, 11) is 1.64. The number of carbonyl (C=O) groups is 1. The molecule has 164 valence electrons. The molecular weight excluding hydrogens is 398 g/mol. The molecule has 1 aromatic carbocycles. The Morgan fingerprint density at radius 1 is 1.32 bits per heavy atom. The predicted octanol–water partition coefficient (Wildman–Crippen LogP) is 2.01. The largest absolute Gasteiger partial charge is 0.385 e. The van der Waals surface area contributed by atoms with E-state index in [4.69, 9.17) is 4.74 Å². The van der Waals surface area contributed by atoms with E-state index in [0.29, 0.717) is 26.1 Å². The van der Waals surface area contributed by atoms with Crippen LogP contribution in [-0.2, 0) is 16.0 Å². The highest BCUT2D eigenvalue weighted by Crippen LogP contribution is 2.38. The number of hydrogen-bond donors (Lipinski definition) is 1. The van der Waals surface area contributed by atoms with Crippen LogP contribution in [0.2, 0.25) is 0 Å². The fraction of sp³-hybridized carbons (Fsp3) is 0.455. The maximum absolute atomic E-state index is 13.1. The lowest BCUT2D eigenvalue weighted by molar-refractivity contribution is -0.384. The van der Waals surface area contributed by atoms with Crippen LogP contribution in [0, 0.1) is 16.0 Å². The number of aromatic nitrogens is 1. The molecule has 1 amide bonds. The number of amides is 1. The van der Waals surface area contributed by atoms with Gasteiger partial charge in [-0.3, -0.25) is 14.9 Å². The molecule has 4 rings (SSSR count). The van der Waals surface area contributed by atoms with Crippen molar-refractivity contribution in [2.75, 3.05) is 49.7 Å². The number of nitrogens with one attached hydrogen (secondary N) is 1. The summed E-state index contributed by atoms with van der Waals surface area (Å²) in [5, 5.41) is 14.3. The lowest BCUT2D eigenvalue weighted by atomic mass is 9.83. The van der Waals surface area contributed by atoms with Gasteiger partial charge in [-0.15, -0.1) is 0 Å². The van der Waals surface area contributed by atoms with Crippen molar-refractivity contribution in [3.05, 3.63) is 58.3 Å². The van der Waals surface area contributed by atoms with E-state index in [-0.39, 0.29) is 28.5 Å². The summed E-state index contributed by atoms with van der Waals surface area (Å²) in [5.41, 5.74) is 1.90. The molecule has 2 atom stereocenters. The highest BCUT2D eigenvalue weighted by atomic mass is 16.6. The monoisotopic (exact) mass is 425 g/mol. The van der Waals surface area contributed by atoms with Crippen molar-refractivity contribution >= 4 is 23.1 Å². The van der Waals surface area contributed by atoms with E-state index in [1.807, 2.05) is 24.3 Å². The van der Waals surface area contributed by atoms with E-state index in [0.717, 1.165) is 36.6 Å². The van der Waals surface area contributed by atoms with Crippen LogP contribution < -0.4 is 15.1 Å². The molecule has 1 saturated heterocycles. The summed E-state index contributed by atoms with van der Waals surface area (Å²) in [6, 6.07) is 10.8. The summed E-state index contributed by atoms with van der Waals surface area (Å²) in [4.78, 5) is 33.0. The first kappa shape index (κ1) is 21.0. The molecule has 0 aliphatic carbocycles. The van der Waals surface area contributed by atoms with Crippen molar-refractivity contribution in [3.63, 3.8) is 0 Å². The van der Waals surface area contributed by atoms with Gasteiger partial charge in [-0.1, -0.05) is 6.07 Å². The summed E-state index contributed by atoms with van der Waals surface area (Å²) in [6.07, 6.45) is 2.99. The molecule has 3 heterocycles. The fourth-order valence-electron chi connectivity index (χ4n) is 4.53. The molecule has 1 aromatic heterocycles. The third-order valence-electron chi connectivity index (χ3n) is 6.04. The number of hydrogen-bond acceptors (Lipinski definition) is 7. The minimum Gasteiger partial charge on any atom is -0.385 e. The van der Waals surface area contributed by atoms with E-state index < -0.39 is 0 Å². The Bertz CT molecular complexity index is 939. The maximum atomic E-state index is 13.1. The average Bonchev–Trinajstić information content (AvgIpc) is 2.81. The number of benzene rings is 1. The van der Waals surface area contributed by atoms with Crippen molar-refractivity contribution in [3.8, 4) is 0 Å². The lowest BCUT2D eigenvalue weighted by Gasteiger charge is -2.49. The predicted molar refractivity (Wildman–Crippen MR) is 117 cm³/mol. The molecule has 9 nitrogen and oxygen atoms in total. The number of ether oxygens (including phenoxy) is 1. The van der Waals surface area contributed by atoms with Crippen LogP contribution in [0.5, 0.6) is 0 Å². The van der Waals surface area contributed by atoms with Crippen LogP contribution in [0.4, 0.5) is 17.2 Å². The first-order valence-electron chi connectivity index (χ1n) is 10.5. The molecule has 2 aromatic rings. The number of carbonyl (C=O) groups excluding carboxylic acids is 1. The maximum Gasteiger partial charge on any atom is 0.269 e. The molecule has 0 spiro atoms. The standard InChI is InChI=1S/C22H27N5O4/c1-31-12-4-9-24-22(28)18-14-16-13-17(27(29)30)6-7-19(16)26-11-10-25(15-20(18)26)21-5-2-3-8-23-21/h2-3,5-8,13,18,20H,4,9-12,14-15H2,1H3,(H,24,28). The van der Waals surface area contributed by atoms with Gasteiger partial charge in [-0.25, -0.2) is 4.98 Å². The van der Waals surface area contributed by atoms with Crippen molar-refractivity contribution in [2.45, 2.75) is 18.9 Å². The van der Waals surface area contributed by atoms with Crippen LogP contribution in [0.25, 0.3) is 0 Å². The zero-order valence-electron chi connectivity index (χ0n) is 17.6. The van der Waals surface area contributed by atoms with Crippen LogP contribution in [0.1, 0.15) is 12.0 Å². The van der Waals surface area contributed by atoms with Gasteiger partial charge in [0.15, 0.2) is 0 Å². The molecule has 2 aliphatic heterocycles. The minimum atomic E-state index is -0.384. The topological polar surface area (TPSA) is 101 Å². The summed E-state index contributed by atoms with van der Waals surface area (Å²) in [6.45, 7) is 3.29. The highest BCUT2D eigenvalue weighted by Gasteiger charge is 2.42. The number of methoxy groups -OCH3 is 1. The van der Waals surface area contributed by atoms with E-state index in [9.17, 15) is 14.9 Å². The zero-order chi connectivity index (χ0) is 21.8. The van der Waals surface area contributed by atoms with E-state index in [2.05, 4.69) is 20.1 Å². The molecule has 0 saturated carbocycles. The second-order valence-corrected chi connectivity index (χ2v) is 7.91. The zero-order valence-corrected chi connectivity index (χ0v) is 17.6. The number of nitro benzene ring substituents is 1. The van der Waals surface area contributed by atoms with Crippen molar-refractivity contribution in [2.24, 2.45) is 5.92 Å². The Morgan fingerprint density at radius 3 is 2.94 bits per heavy atom. The second-order valence-electron chi connectivity index (χ2n) is 7.91. The molecule has 2 unspecified atom stereocenters. The first-order valence-corrected chi connectivity index (χ1v) is 10.5. The van der Waals surface area contributed by atoms with Crippen molar-refractivity contribution in [1.29, 1.82) is 0 Å². The minimum absolute atomic E-state index is 0.0221. The Morgan fingerprint density at radius 2 is 2.19 bits per heavy atom. The number of piperazine rings is 1. The normalized spacial score (nSPS) is 20.0. The summed E-state index contributed by atoms with van der Waals surface area (Å²) in [5.74, 6) is 0.575. The molecule has 0 bridgehead atoms. The number of anilines is 2. The Kier molecular flexibility index (Phi) is 6.31. The third-order valence-corrected chi connectivity index (χ3v) is 6.04. The SMILES string of the molecule is COCCCNC(=O)C1Cc2cc([N+](=O)[O-])ccc2N2CCN(c3ccccn3)CC12. The van der Waals surface area contributed by atoms with Gasteiger partial charge < -0.3 is 19.9 Å². The van der Waals surface area contributed by atoms with Gasteiger partial charge in [0.05, 0.1) is 16.9 Å². The smallest absolute Gasteiger partial charge is 0.269 e. The fourth-order valence-corrected chi connectivity index (χ4v) is 4.53. The Hall–Kier alpha value is -3.20. The molecule has 9 heteroatoms. The Labute approximate surface area is 181 Å². The quantitative estimate of drug-likeness (QED) is 0.411. The number of fused-ring (bicyclic) bond motifs is 3. The molecule has 0 radical (unpaired) electrons. The number of nitrogens with zero attached hydrogens (tertiary/aromatic N) is 4. The molecule has 2 aliphatic rings. The van der Waals surface area contributed by atoms with Gasteiger partial charge in [0.2, 0.25) is 5.91 Å². The number of nitro groups is 1. The van der Waals surface area contributed by atoms with Crippen molar-refractivity contribution < 1.29 is 14.5 Å². The molecule has 31 heavy (non-hydrogen) atoms. The van der Waals surface area contributed by atoms with Gasteiger partial charge in [-0.05, 0) is 36.6 Å². The van der Waals surface area contributed by atoms with E-state index >= 15 is 0 Å². The van der Waals surface area contributed by atoms with Crippen molar-refractivity contribution in [1.82, 2.24) is 10.3 Å². The lowest BCUT2D eigenvalue weighted by Crippen LogP contribution is -2.61. The first-order chi connectivity index (χ1) is 15.1. The van der Waals surface area contributed by atoms with Crippen LogP contribution in [0.3, 0.4) is 0 Å². The van der Waals surface area contributed by atoms with E-state index in [1.165, 1.54) is 0 Å². The third kappa shape index (κ3) is 4.46. The molecule has 1 fully saturated rings. The second kappa shape index (κ2) is 9.30. The molecular formula is C22H27N5O4. The highest BCUT2D eigenvalue weighted by molar-refractivity contribution is 5.82. The van der Waals surface area contributed by atoms with Gasteiger partial charge >= 0.3 is 0 Å².